The maximum atomic E-state index is 13.4. The van der Waals surface area contributed by atoms with Gasteiger partial charge in [-0.3, -0.25) is 0 Å². The van der Waals surface area contributed by atoms with Crippen LogP contribution in [0.3, 0.4) is 0 Å². The van der Waals surface area contributed by atoms with E-state index >= 15 is 0 Å². The summed E-state index contributed by atoms with van der Waals surface area (Å²) in [5.41, 5.74) is 3.53. The Hall–Kier alpha value is -1.58. The van der Waals surface area contributed by atoms with Crippen molar-refractivity contribution >= 4 is 11.6 Å². The topological polar surface area (TPSA) is 99.4 Å². The van der Waals surface area contributed by atoms with Gasteiger partial charge in [0.05, 0.1) is 13.2 Å². The highest BCUT2D eigenvalue weighted by Gasteiger charge is 2.58. The van der Waals surface area contributed by atoms with Gasteiger partial charge in [-0.2, -0.15) is 0 Å². The SMILES string of the molecule is Cc1cc(F)ccc1Cc1cc2c(cc1Cl)CO[C@]21OC(CO)[C@@H](O)[C@H](O)[C@H]1O. The number of aryl methyl sites for hydroxylation is 1. The molecule has 4 rings (SSSR count). The third-order valence-corrected chi connectivity index (χ3v) is 6.08. The molecule has 0 bridgehead atoms. The zero-order valence-electron chi connectivity index (χ0n) is 15.7. The number of fused-ring (bicyclic) bond motifs is 2. The van der Waals surface area contributed by atoms with Gasteiger partial charge in [-0.25, -0.2) is 4.39 Å². The molecule has 0 aromatic heterocycles. The third-order valence-electron chi connectivity index (χ3n) is 5.73. The van der Waals surface area contributed by atoms with E-state index < -0.39 is 36.8 Å². The maximum absolute atomic E-state index is 13.4. The number of hydrogen-bond acceptors (Lipinski definition) is 6. The van der Waals surface area contributed by atoms with E-state index in [1.54, 1.807) is 18.2 Å². The van der Waals surface area contributed by atoms with Crippen LogP contribution in [0.15, 0.2) is 30.3 Å². The van der Waals surface area contributed by atoms with Gasteiger partial charge < -0.3 is 29.9 Å². The molecule has 0 saturated carbocycles. The molecule has 1 spiro atoms. The molecule has 2 heterocycles. The van der Waals surface area contributed by atoms with Crippen LogP contribution < -0.4 is 0 Å². The van der Waals surface area contributed by atoms with Gasteiger partial charge in [0.1, 0.15) is 30.2 Å². The molecule has 29 heavy (non-hydrogen) atoms. The highest BCUT2D eigenvalue weighted by molar-refractivity contribution is 6.31. The number of aliphatic hydroxyl groups excluding tert-OH is 4. The molecule has 2 aliphatic rings. The molecule has 0 amide bonds. The number of ether oxygens (including phenoxy) is 2. The lowest BCUT2D eigenvalue weighted by atomic mass is 9.86. The monoisotopic (exact) mass is 424 g/mol. The predicted octanol–water partition coefficient (Wildman–Crippen LogP) is 1.54. The Balaban J connectivity index is 1.75. The van der Waals surface area contributed by atoms with E-state index in [4.69, 9.17) is 21.1 Å². The molecule has 4 N–H and O–H groups in total. The number of halogens is 2. The second-order valence-corrected chi connectivity index (χ2v) is 7.98. The van der Waals surface area contributed by atoms with E-state index in [0.717, 1.165) is 11.1 Å². The summed E-state index contributed by atoms with van der Waals surface area (Å²) in [6.07, 6.45) is -5.30. The van der Waals surface area contributed by atoms with Gasteiger partial charge in [-0.05, 0) is 59.9 Å². The smallest absolute Gasteiger partial charge is 0.225 e. The van der Waals surface area contributed by atoms with Crippen molar-refractivity contribution in [2.24, 2.45) is 0 Å². The van der Waals surface area contributed by atoms with E-state index in [1.165, 1.54) is 12.1 Å². The normalized spacial score (nSPS) is 31.3. The molecule has 156 valence electrons. The first-order valence-electron chi connectivity index (χ1n) is 9.30. The van der Waals surface area contributed by atoms with Crippen molar-refractivity contribution in [2.45, 2.75) is 50.2 Å². The second-order valence-electron chi connectivity index (χ2n) is 7.57. The zero-order valence-corrected chi connectivity index (χ0v) is 16.4. The summed E-state index contributed by atoms with van der Waals surface area (Å²) in [6.45, 7) is 1.34. The summed E-state index contributed by atoms with van der Waals surface area (Å²) in [7, 11) is 0. The van der Waals surface area contributed by atoms with Gasteiger partial charge in [0.2, 0.25) is 5.79 Å². The zero-order chi connectivity index (χ0) is 20.9. The van der Waals surface area contributed by atoms with Crippen LogP contribution in [0.1, 0.15) is 27.8 Å². The Morgan fingerprint density at radius 3 is 2.59 bits per heavy atom. The predicted molar refractivity (Wildman–Crippen MR) is 102 cm³/mol. The van der Waals surface area contributed by atoms with E-state index in [9.17, 15) is 24.8 Å². The van der Waals surface area contributed by atoms with Crippen molar-refractivity contribution < 1.29 is 34.3 Å². The summed E-state index contributed by atoms with van der Waals surface area (Å²) >= 11 is 6.45. The highest BCUT2D eigenvalue weighted by atomic mass is 35.5. The number of benzene rings is 2. The summed E-state index contributed by atoms with van der Waals surface area (Å²) in [4.78, 5) is 0. The fourth-order valence-electron chi connectivity index (χ4n) is 4.05. The molecular weight excluding hydrogens is 403 g/mol. The Morgan fingerprint density at radius 2 is 1.90 bits per heavy atom. The lowest BCUT2D eigenvalue weighted by Crippen LogP contribution is -2.63. The van der Waals surface area contributed by atoms with Crippen molar-refractivity contribution in [3.8, 4) is 0 Å². The molecule has 5 atom stereocenters. The van der Waals surface area contributed by atoms with Gasteiger partial charge in [0.25, 0.3) is 0 Å². The molecule has 1 fully saturated rings. The first-order chi connectivity index (χ1) is 13.8. The number of rotatable bonds is 3. The lowest BCUT2D eigenvalue weighted by molar-refractivity contribution is -0.368. The molecule has 2 aromatic carbocycles. The Morgan fingerprint density at radius 1 is 1.14 bits per heavy atom. The number of hydrogen-bond donors (Lipinski definition) is 4. The lowest BCUT2D eigenvalue weighted by Gasteiger charge is -2.46. The minimum atomic E-state index is -1.72. The van der Waals surface area contributed by atoms with Gasteiger partial charge in [0, 0.05) is 10.6 Å². The van der Waals surface area contributed by atoms with E-state index in [-0.39, 0.29) is 12.4 Å². The Kier molecular flexibility index (Phi) is 5.41. The van der Waals surface area contributed by atoms with Crippen molar-refractivity contribution in [2.75, 3.05) is 6.61 Å². The Bertz CT molecular complexity index is 936. The number of aliphatic hydroxyl groups is 4. The average molecular weight is 425 g/mol. The molecule has 1 saturated heterocycles. The van der Waals surface area contributed by atoms with E-state index in [1.807, 2.05) is 6.92 Å². The fourth-order valence-corrected chi connectivity index (χ4v) is 4.30. The van der Waals surface area contributed by atoms with Gasteiger partial charge in [-0.15, -0.1) is 0 Å². The standard InChI is InChI=1S/C21H22ClFO6/c1-10-4-14(23)3-2-11(10)5-12-6-15-13(7-16(12)22)9-28-21(15)20(27)19(26)18(25)17(8-24)29-21/h2-4,6-7,17-20,24-27H,5,8-9H2,1H3/t17?,18-,19+,20-,21+/m1/s1. The largest absolute Gasteiger partial charge is 0.394 e. The second kappa shape index (κ2) is 7.59. The molecule has 0 radical (unpaired) electrons. The van der Waals surface area contributed by atoms with Crippen LogP contribution in [0.4, 0.5) is 4.39 Å². The summed E-state index contributed by atoms with van der Waals surface area (Å²) in [6, 6.07) is 7.95. The fraction of sp³-hybridized carbons (Fsp3) is 0.429. The summed E-state index contributed by atoms with van der Waals surface area (Å²) in [5.74, 6) is -2.04. The molecule has 0 aliphatic carbocycles. The van der Waals surface area contributed by atoms with E-state index in [0.29, 0.717) is 28.1 Å². The first kappa shape index (κ1) is 20.7. The van der Waals surface area contributed by atoms with Crippen LogP contribution in [0.5, 0.6) is 0 Å². The maximum Gasteiger partial charge on any atom is 0.225 e. The van der Waals surface area contributed by atoms with Gasteiger partial charge in [-0.1, -0.05) is 17.7 Å². The van der Waals surface area contributed by atoms with Gasteiger partial charge in [0.15, 0.2) is 0 Å². The quantitative estimate of drug-likeness (QED) is 0.596. The van der Waals surface area contributed by atoms with Crippen molar-refractivity contribution in [3.05, 3.63) is 69.0 Å². The van der Waals surface area contributed by atoms with Crippen LogP contribution >= 0.6 is 11.6 Å². The van der Waals surface area contributed by atoms with Crippen molar-refractivity contribution in [1.82, 2.24) is 0 Å². The summed E-state index contributed by atoms with van der Waals surface area (Å²) < 4.78 is 24.9. The van der Waals surface area contributed by atoms with Crippen LogP contribution in [-0.2, 0) is 28.3 Å². The molecule has 8 heteroatoms. The minimum Gasteiger partial charge on any atom is -0.394 e. The van der Waals surface area contributed by atoms with Crippen molar-refractivity contribution in [1.29, 1.82) is 0 Å². The summed E-state index contributed by atoms with van der Waals surface area (Å²) in [5, 5.41) is 41.0. The molecule has 2 aliphatic heterocycles. The Labute approximate surface area is 172 Å². The average Bonchev–Trinajstić information content (AvgIpc) is 3.03. The molecule has 1 unspecified atom stereocenters. The minimum absolute atomic E-state index is 0.0862. The van der Waals surface area contributed by atoms with Crippen LogP contribution in [0, 0.1) is 12.7 Å². The molecule has 6 nitrogen and oxygen atoms in total. The highest BCUT2D eigenvalue weighted by Crippen LogP contribution is 2.47. The first-order valence-corrected chi connectivity index (χ1v) is 9.68. The molecular formula is C21H22ClFO6. The van der Waals surface area contributed by atoms with E-state index in [2.05, 4.69) is 0 Å². The molecule has 2 aromatic rings. The van der Waals surface area contributed by atoms with Gasteiger partial charge >= 0.3 is 0 Å². The van der Waals surface area contributed by atoms with Crippen LogP contribution in [-0.4, -0.2) is 51.4 Å². The third kappa shape index (κ3) is 3.37. The van der Waals surface area contributed by atoms with Crippen LogP contribution in [0.25, 0.3) is 0 Å². The van der Waals surface area contributed by atoms with Crippen LogP contribution in [0.2, 0.25) is 5.02 Å². The van der Waals surface area contributed by atoms with Crippen molar-refractivity contribution in [3.63, 3.8) is 0 Å².